The van der Waals surface area contributed by atoms with Crippen LogP contribution in [-0.2, 0) is 0 Å². The molecule has 92 valence electrons. The van der Waals surface area contributed by atoms with Gasteiger partial charge in [-0.05, 0) is 36.0 Å². The van der Waals surface area contributed by atoms with Gasteiger partial charge in [-0.2, -0.15) is 11.8 Å². The second-order valence-electron chi connectivity index (χ2n) is 4.03. The maximum absolute atomic E-state index is 10.7. The standard InChI is InChI=1S/C11H13ClN2O2S/c12-10-2-1-9(5-11(10)14(15)16)13-6-8-3-4-17-7-8/h1-2,5,8,13H,3-4,6-7H2. The minimum absolute atomic E-state index is 0.0440. The predicted molar refractivity (Wildman–Crippen MR) is 72.0 cm³/mol. The van der Waals surface area contributed by atoms with Crippen LogP contribution in [0.1, 0.15) is 6.42 Å². The number of nitrogens with one attached hydrogen (secondary N) is 1. The number of hydrogen-bond donors (Lipinski definition) is 1. The van der Waals surface area contributed by atoms with Crippen molar-refractivity contribution in [1.29, 1.82) is 0 Å². The van der Waals surface area contributed by atoms with E-state index in [0.717, 1.165) is 12.2 Å². The van der Waals surface area contributed by atoms with Gasteiger partial charge in [-0.15, -0.1) is 0 Å². The largest absolute Gasteiger partial charge is 0.385 e. The average Bonchev–Trinajstić information content (AvgIpc) is 2.80. The third kappa shape index (κ3) is 3.26. The highest BCUT2D eigenvalue weighted by Crippen LogP contribution is 2.28. The number of rotatable bonds is 4. The average molecular weight is 273 g/mol. The molecule has 1 unspecified atom stereocenters. The van der Waals surface area contributed by atoms with Crippen LogP contribution in [-0.4, -0.2) is 23.0 Å². The van der Waals surface area contributed by atoms with E-state index in [9.17, 15) is 10.1 Å². The van der Waals surface area contributed by atoms with E-state index in [-0.39, 0.29) is 10.7 Å². The van der Waals surface area contributed by atoms with Crippen molar-refractivity contribution in [3.63, 3.8) is 0 Å². The fourth-order valence-corrected chi connectivity index (χ4v) is 3.24. The van der Waals surface area contributed by atoms with Gasteiger partial charge in [0.1, 0.15) is 5.02 Å². The number of benzene rings is 1. The summed E-state index contributed by atoms with van der Waals surface area (Å²) in [5.41, 5.74) is 0.718. The highest BCUT2D eigenvalue weighted by atomic mass is 35.5. The monoisotopic (exact) mass is 272 g/mol. The molecule has 1 heterocycles. The Bertz CT molecular complexity index is 422. The van der Waals surface area contributed by atoms with Gasteiger partial charge in [-0.3, -0.25) is 10.1 Å². The quantitative estimate of drug-likeness (QED) is 0.674. The molecule has 0 radical (unpaired) electrons. The fourth-order valence-electron chi connectivity index (χ4n) is 1.77. The lowest BCUT2D eigenvalue weighted by Gasteiger charge is -2.11. The lowest BCUT2D eigenvalue weighted by atomic mass is 10.1. The number of nitrogens with zero attached hydrogens (tertiary/aromatic N) is 1. The first kappa shape index (κ1) is 12.5. The van der Waals surface area contributed by atoms with Crippen molar-refractivity contribution in [3.8, 4) is 0 Å². The molecule has 1 N–H and O–H groups in total. The first-order valence-electron chi connectivity index (χ1n) is 5.42. The Balaban J connectivity index is 2.00. The summed E-state index contributed by atoms with van der Waals surface area (Å²) in [6, 6.07) is 4.83. The Kier molecular flexibility index (Phi) is 4.12. The molecule has 1 saturated heterocycles. The van der Waals surface area contributed by atoms with Gasteiger partial charge in [0, 0.05) is 18.3 Å². The molecule has 0 spiro atoms. The van der Waals surface area contributed by atoms with E-state index in [4.69, 9.17) is 11.6 Å². The van der Waals surface area contributed by atoms with Crippen LogP contribution in [0, 0.1) is 16.0 Å². The molecule has 1 atom stereocenters. The van der Waals surface area contributed by atoms with Gasteiger partial charge in [-0.25, -0.2) is 0 Å². The Morgan fingerprint density at radius 1 is 1.59 bits per heavy atom. The summed E-state index contributed by atoms with van der Waals surface area (Å²) in [6.45, 7) is 0.867. The second-order valence-corrected chi connectivity index (χ2v) is 5.59. The van der Waals surface area contributed by atoms with E-state index >= 15 is 0 Å². The SMILES string of the molecule is O=[N+]([O-])c1cc(NCC2CCSC2)ccc1Cl. The van der Waals surface area contributed by atoms with E-state index in [1.165, 1.54) is 24.0 Å². The summed E-state index contributed by atoms with van der Waals surface area (Å²) in [5, 5.41) is 14.1. The third-order valence-corrected chi connectivity index (χ3v) is 4.31. The van der Waals surface area contributed by atoms with E-state index in [2.05, 4.69) is 5.32 Å². The minimum Gasteiger partial charge on any atom is -0.385 e. The van der Waals surface area contributed by atoms with E-state index in [1.54, 1.807) is 12.1 Å². The minimum atomic E-state index is -0.459. The summed E-state index contributed by atoms with van der Waals surface area (Å²) in [4.78, 5) is 10.3. The van der Waals surface area contributed by atoms with Crippen LogP contribution >= 0.6 is 23.4 Å². The molecule has 0 saturated carbocycles. The van der Waals surface area contributed by atoms with Crippen LogP contribution in [0.4, 0.5) is 11.4 Å². The fraction of sp³-hybridized carbons (Fsp3) is 0.455. The van der Waals surface area contributed by atoms with Crippen LogP contribution in [0.2, 0.25) is 5.02 Å². The van der Waals surface area contributed by atoms with Crippen molar-refractivity contribution in [3.05, 3.63) is 33.3 Å². The van der Waals surface area contributed by atoms with Crippen molar-refractivity contribution in [1.82, 2.24) is 0 Å². The molecule has 0 amide bonds. The smallest absolute Gasteiger partial charge is 0.289 e. The van der Waals surface area contributed by atoms with Gasteiger partial charge in [0.2, 0.25) is 0 Å². The Hall–Kier alpha value is -0.940. The van der Waals surface area contributed by atoms with Gasteiger partial charge in [0.25, 0.3) is 5.69 Å². The Morgan fingerprint density at radius 3 is 3.06 bits per heavy atom. The highest BCUT2D eigenvalue weighted by molar-refractivity contribution is 7.99. The zero-order chi connectivity index (χ0) is 12.3. The van der Waals surface area contributed by atoms with Crippen molar-refractivity contribution < 1.29 is 4.92 Å². The van der Waals surface area contributed by atoms with Crippen molar-refractivity contribution in [2.75, 3.05) is 23.4 Å². The zero-order valence-corrected chi connectivity index (χ0v) is 10.8. The van der Waals surface area contributed by atoms with E-state index < -0.39 is 4.92 Å². The van der Waals surface area contributed by atoms with Crippen molar-refractivity contribution in [2.45, 2.75) is 6.42 Å². The molecule has 1 aliphatic rings. The number of thioether (sulfide) groups is 1. The molecule has 4 nitrogen and oxygen atoms in total. The molecule has 6 heteroatoms. The number of nitro groups is 1. The van der Waals surface area contributed by atoms with Gasteiger partial charge >= 0.3 is 0 Å². The summed E-state index contributed by atoms with van der Waals surface area (Å²) < 4.78 is 0. The van der Waals surface area contributed by atoms with Crippen LogP contribution in [0.3, 0.4) is 0 Å². The number of anilines is 1. The maximum atomic E-state index is 10.7. The lowest BCUT2D eigenvalue weighted by Crippen LogP contribution is -2.13. The molecule has 1 aliphatic heterocycles. The van der Waals surface area contributed by atoms with Crippen molar-refractivity contribution >= 4 is 34.7 Å². The molecule has 0 bridgehead atoms. The van der Waals surface area contributed by atoms with E-state index in [1.807, 2.05) is 11.8 Å². The summed E-state index contributed by atoms with van der Waals surface area (Å²) in [7, 11) is 0. The first-order chi connectivity index (χ1) is 8.16. The van der Waals surface area contributed by atoms with Crippen LogP contribution in [0.15, 0.2) is 18.2 Å². The Labute approximate surface area is 109 Å². The first-order valence-corrected chi connectivity index (χ1v) is 6.95. The van der Waals surface area contributed by atoms with Gasteiger partial charge in [0.15, 0.2) is 0 Å². The molecule has 1 fully saturated rings. The lowest BCUT2D eigenvalue weighted by molar-refractivity contribution is -0.384. The maximum Gasteiger partial charge on any atom is 0.289 e. The molecular weight excluding hydrogens is 260 g/mol. The molecule has 0 aromatic heterocycles. The molecule has 1 aromatic carbocycles. The van der Waals surface area contributed by atoms with Crippen LogP contribution in [0.5, 0.6) is 0 Å². The molecule has 0 aliphatic carbocycles. The van der Waals surface area contributed by atoms with Gasteiger partial charge in [0.05, 0.1) is 4.92 Å². The predicted octanol–water partition coefficient (Wildman–Crippen LogP) is 3.41. The topological polar surface area (TPSA) is 55.2 Å². The number of hydrogen-bond acceptors (Lipinski definition) is 4. The zero-order valence-electron chi connectivity index (χ0n) is 9.19. The van der Waals surface area contributed by atoms with Gasteiger partial charge < -0.3 is 5.32 Å². The Morgan fingerprint density at radius 2 is 2.41 bits per heavy atom. The van der Waals surface area contributed by atoms with Gasteiger partial charge in [-0.1, -0.05) is 11.6 Å². The van der Waals surface area contributed by atoms with E-state index in [0.29, 0.717) is 5.92 Å². The molecule has 17 heavy (non-hydrogen) atoms. The molecule has 2 rings (SSSR count). The molecular formula is C11H13ClN2O2S. The second kappa shape index (κ2) is 5.60. The summed E-state index contributed by atoms with van der Waals surface area (Å²) in [5.74, 6) is 3.05. The number of nitro benzene ring substituents is 1. The van der Waals surface area contributed by atoms with Crippen LogP contribution in [0.25, 0.3) is 0 Å². The molecule has 1 aromatic rings. The summed E-state index contributed by atoms with van der Waals surface area (Å²) in [6.07, 6.45) is 1.22. The normalized spacial score (nSPS) is 19.2. The highest BCUT2D eigenvalue weighted by Gasteiger charge is 2.16. The van der Waals surface area contributed by atoms with Crippen LogP contribution < -0.4 is 5.32 Å². The number of halogens is 1. The third-order valence-electron chi connectivity index (χ3n) is 2.76. The summed E-state index contributed by atoms with van der Waals surface area (Å²) >= 11 is 7.70. The van der Waals surface area contributed by atoms with Crippen molar-refractivity contribution in [2.24, 2.45) is 5.92 Å².